The Morgan fingerprint density at radius 1 is 1.33 bits per heavy atom. The van der Waals surface area contributed by atoms with E-state index in [-0.39, 0.29) is 0 Å². The van der Waals surface area contributed by atoms with Gasteiger partial charge >= 0.3 is 0 Å². The van der Waals surface area contributed by atoms with Crippen LogP contribution in [0, 0.1) is 0 Å². The van der Waals surface area contributed by atoms with Crippen molar-refractivity contribution < 1.29 is 0 Å². The molecule has 0 spiro atoms. The highest BCUT2D eigenvalue weighted by Gasteiger charge is 2.29. The Kier molecular flexibility index (Phi) is 2.09. The van der Waals surface area contributed by atoms with Crippen molar-refractivity contribution in [1.29, 1.82) is 0 Å². The SMILES string of the molecule is c1ccc(CC2CN3CCN=C3N2)cc1. The summed E-state index contributed by atoms with van der Waals surface area (Å²) in [6.45, 7) is 3.15. The van der Waals surface area contributed by atoms with Gasteiger partial charge in [0.15, 0.2) is 5.96 Å². The second kappa shape index (κ2) is 3.57. The molecule has 1 atom stereocenters. The molecule has 0 amide bonds. The molecular weight excluding hydrogens is 186 g/mol. The molecule has 1 saturated heterocycles. The van der Waals surface area contributed by atoms with Crippen LogP contribution in [0.4, 0.5) is 0 Å². The summed E-state index contributed by atoms with van der Waals surface area (Å²) >= 11 is 0. The van der Waals surface area contributed by atoms with E-state index in [9.17, 15) is 0 Å². The molecule has 78 valence electrons. The lowest BCUT2D eigenvalue weighted by Crippen LogP contribution is -2.29. The van der Waals surface area contributed by atoms with Crippen molar-refractivity contribution in [2.24, 2.45) is 4.99 Å². The maximum atomic E-state index is 4.42. The summed E-state index contributed by atoms with van der Waals surface area (Å²) in [4.78, 5) is 6.76. The Balaban J connectivity index is 1.66. The van der Waals surface area contributed by atoms with E-state index in [4.69, 9.17) is 0 Å². The molecule has 3 rings (SSSR count). The van der Waals surface area contributed by atoms with E-state index in [1.54, 1.807) is 0 Å². The summed E-state index contributed by atoms with van der Waals surface area (Å²) in [7, 11) is 0. The summed E-state index contributed by atoms with van der Waals surface area (Å²) < 4.78 is 0. The van der Waals surface area contributed by atoms with Gasteiger partial charge in [-0.2, -0.15) is 0 Å². The van der Waals surface area contributed by atoms with Crippen LogP contribution in [0.1, 0.15) is 5.56 Å². The van der Waals surface area contributed by atoms with Gasteiger partial charge in [-0.25, -0.2) is 0 Å². The zero-order chi connectivity index (χ0) is 10.1. The Morgan fingerprint density at radius 2 is 2.20 bits per heavy atom. The van der Waals surface area contributed by atoms with E-state index >= 15 is 0 Å². The number of nitrogens with one attached hydrogen (secondary N) is 1. The van der Waals surface area contributed by atoms with Gasteiger partial charge in [0.05, 0.1) is 12.6 Å². The minimum atomic E-state index is 0.534. The van der Waals surface area contributed by atoms with Crippen LogP contribution < -0.4 is 5.32 Å². The minimum absolute atomic E-state index is 0.534. The summed E-state index contributed by atoms with van der Waals surface area (Å²) in [5.41, 5.74) is 1.40. The van der Waals surface area contributed by atoms with E-state index < -0.39 is 0 Å². The van der Waals surface area contributed by atoms with E-state index in [2.05, 4.69) is 45.5 Å². The summed E-state index contributed by atoms with van der Waals surface area (Å²) in [6, 6.07) is 11.2. The second-order valence-corrected chi connectivity index (χ2v) is 4.18. The largest absolute Gasteiger partial charge is 0.351 e. The second-order valence-electron chi connectivity index (χ2n) is 4.18. The van der Waals surface area contributed by atoms with Gasteiger partial charge in [-0.15, -0.1) is 0 Å². The number of hydrogen-bond donors (Lipinski definition) is 1. The third kappa shape index (κ3) is 1.69. The lowest BCUT2D eigenvalue weighted by Gasteiger charge is -2.11. The van der Waals surface area contributed by atoms with Gasteiger partial charge in [-0.3, -0.25) is 4.99 Å². The van der Waals surface area contributed by atoms with Crippen molar-refractivity contribution in [2.75, 3.05) is 19.6 Å². The quantitative estimate of drug-likeness (QED) is 0.769. The molecule has 2 heterocycles. The van der Waals surface area contributed by atoms with Crippen LogP contribution in [0.5, 0.6) is 0 Å². The number of guanidine groups is 1. The highest BCUT2D eigenvalue weighted by molar-refractivity contribution is 5.83. The Labute approximate surface area is 89.8 Å². The zero-order valence-corrected chi connectivity index (χ0v) is 8.69. The van der Waals surface area contributed by atoms with Crippen molar-refractivity contribution >= 4 is 5.96 Å². The molecule has 0 bridgehead atoms. The average molecular weight is 201 g/mol. The molecule has 0 aliphatic carbocycles. The van der Waals surface area contributed by atoms with Crippen LogP contribution in [0.2, 0.25) is 0 Å². The molecule has 15 heavy (non-hydrogen) atoms. The van der Waals surface area contributed by atoms with Gasteiger partial charge in [0, 0.05) is 13.1 Å². The van der Waals surface area contributed by atoms with E-state index in [0.29, 0.717) is 6.04 Å². The predicted molar refractivity (Wildman–Crippen MR) is 60.9 cm³/mol. The van der Waals surface area contributed by atoms with E-state index in [0.717, 1.165) is 32.0 Å². The maximum absolute atomic E-state index is 4.42. The topological polar surface area (TPSA) is 27.6 Å². The summed E-state index contributed by atoms with van der Waals surface area (Å²) in [5, 5.41) is 3.48. The molecule has 3 heteroatoms. The van der Waals surface area contributed by atoms with E-state index in [1.807, 2.05) is 0 Å². The van der Waals surface area contributed by atoms with Crippen molar-refractivity contribution in [3.05, 3.63) is 35.9 Å². The molecular formula is C12H15N3. The van der Waals surface area contributed by atoms with Crippen LogP contribution in [-0.4, -0.2) is 36.5 Å². The van der Waals surface area contributed by atoms with Crippen LogP contribution in [0.3, 0.4) is 0 Å². The van der Waals surface area contributed by atoms with Gasteiger partial charge < -0.3 is 10.2 Å². The highest BCUT2D eigenvalue weighted by Crippen LogP contribution is 2.12. The van der Waals surface area contributed by atoms with Crippen molar-refractivity contribution in [1.82, 2.24) is 10.2 Å². The summed E-state index contributed by atoms with van der Waals surface area (Å²) in [5.74, 6) is 1.11. The predicted octanol–water partition coefficient (Wildman–Crippen LogP) is 0.872. The normalized spacial score (nSPS) is 23.6. The molecule has 0 saturated carbocycles. The Morgan fingerprint density at radius 3 is 3.00 bits per heavy atom. The first-order chi connectivity index (χ1) is 7.42. The van der Waals surface area contributed by atoms with Crippen LogP contribution in [0.25, 0.3) is 0 Å². The fraction of sp³-hybridized carbons (Fsp3) is 0.417. The molecule has 1 aromatic carbocycles. The first-order valence-electron chi connectivity index (χ1n) is 5.52. The standard InChI is InChI=1S/C12H15N3/c1-2-4-10(5-3-1)8-11-9-15-7-6-13-12(15)14-11/h1-5,11H,6-9H2,(H,13,14). The van der Waals surface area contributed by atoms with Crippen LogP contribution in [-0.2, 0) is 6.42 Å². The molecule has 1 fully saturated rings. The minimum Gasteiger partial charge on any atom is -0.351 e. The lowest BCUT2D eigenvalue weighted by atomic mass is 10.1. The molecule has 2 aliphatic rings. The fourth-order valence-electron chi connectivity index (χ4n) is 2.31. The zero-order valence-electron chi connectivity index (χ0n) is 8.69. The average Bonchev–Trinajstić information content (AvgIpc) is 2.79. The fourth-order valence-corrected chi connectivity index (χ4v) is 2.31. The first-order valence-corrected chi connectivity index (χ1v) is 5.52. The van der Waals surface area contributed by atoms with Gasteiger partial charge in [-0.05, 0) is 12.0 Å². The highest BCUT2D eigenvalue weighted by atomic mass is 15.4. The third-order valence-electron chi connectivity index (χ3n) is 3.03. The molecule has 2 aliphatic heterocycles. The van der Waals surface area contributed by atoms with Gasteiger partial charge in [0.2, 0.25) is 0 Å². The Hall–Kier alpha value is -1.51. The van der Waals surface area contributed by atoms with Crippen molar-refractivity contribution in [3.63, 3.8) is 0 Å². The molecule has 1 aromatic rings. The number of benzene rings is 1. The first kappa shape index (κ1) is 8.77. The number of rotatable bonds is 2. The molecule has 0 aromatic heterocycles. The van der Waals surface area contributed by atoms with Crippen molar-refractivity contribution in [2.45, 2.75) is 12.5 Å². The van der Waals surface area contributed by atoms with Crippen LogP contribution >= 0.6 is 0 Å². The summed E-state index contributed by atoms with van der Waals surface area (Å²) in [6.07, 6.45) is 1.09. The lowest BCUT2D eigenvalue weighted by molar-refractivity contribution is 0.457. The number of aliphatic imine (C=N–C) groups is 1. The number of hydrogen-bond acceptors (Lipinski definition) is 3. The Bertz CT molecular complexity index is 372. The van der Waals surface area contributed by atoms with Crippen molar-refractivity contribution in [3.8, 4) is 0 Å². The van der Waals surface area contributed by atoms with Crippen LogP contribution in [0.15, 0.2) is 35.3 Å². The van der Waals surface area contributed by atoms with E-state index in [1.165, 1.54) is 5.56 Å². The molecule has 3 nitrogen and oxygen atoms in total. The number of fused-ring (bicyclic) bond motifs is 1. The van der Waals surface area contributed by atoms with Gasteiger partial charge in [0.1, 0.15) is 0 Å². The smallest absolute Gasteiger partial charge is 0.194 e. The maximum Gasteiger partial charge on any atom is 0.194 e. The third-order valence-corrected chi connectivity index (χ3v) is 3.03. The molecule has 1 N–H and O–H groups in total. The monoisotopic (exact) mass is 201 g/mol. The molecule has 0 radical (unpaired) electrons. The molecule has 1 unspecified atom stereocenters. The van der Waals surface area contributed by atoms with Gasteiger partial charge in [-0.1, -0.05) is 30.3 Å². The van der Waals surface area contributed by atoms with Gasteiger partial charge in [0.25, 0.3) is 0 Å². The number of nitrogens with zero attached hydrogens (tertiary/aromatic N) is 2.